The molecule has 3 rings (SSSR count). The van der Waals surface area contributed by atoms with Crippen molar-refractivity contribution in [3.05, 3.63) is 53.1 Å². The number of aliphatic carboxylic acids is 1. The second-order valence-electron chi connectivity index (χ2n) is 6.07. The van der Waals surface area contributed by atoms with Crippen LogP contribution in [0.15, 0.2) is 36.4 Å². The molecule has 0 fully saturated rings. The molecule has 0 saturated carbocycles. The quantitative estimate of drug-likeness (QED) is 0.670. The van der Waals surface area contributed by atoms with E-state index in [1.54, 1.807) is 24.3 Å². The predicted molar refractivity (Wildman–Crippen MR) is 97.5 cm³/mol. The van der Waals surface area contributed by atoms with E-state index >= 15 is 0 Å². The molecule has 0 saturated heterocycles. The summed E-state index contributed by atoms with van der Waals surface area (Å²) in [6, 6.07) is 8.32. The Kier molecular flexibility index (Phi) is 5.23. The molecule has 1 aliphatic rings. The first kappa shape index (κ1) is 18.6. The first-order chi connectivity index (χ1) is 13.0. The minimum Gasteiger partial charge on any atom is -0.504 e. The number of carbonyl (C=O) groups is 1. The number of hydrogen-bond donors (Lipinski definition) is 3. The molecule has 7 nitrogen and oxygen atoms in total. The lowest BCUT2D eigenvalue weighted by Gasteiger charge is -2.18. The normalized spacial score (nSPS) is 18.2. The summed E-state index contributed by atoms with van der Waals surface area (Å²) in [6.45, 7) is -0.184. The number of methoxy groups -OCH3 is 2. The number of phenolic OH excluding ortho intramolecular Hbond substituents is 1. The molecule has 0 radical (unpaired) electrons. The molecule has 0 spiro atoms. The van der Waals surface area contributed by atoms with Gasteiger partial charge < -0.3 is 29.5 Å². The van der Waals surface area contributed by atoms with Gasteiger partial charge in [0.2, 0.25) is 0 Å². The Balaban J connectivity index is 2.04. The van der Waals surface area contributed by atoms with Crippen molar-refractivity contribution in [2.24, 2.45) is 0 Å². The predicted octanol–water partition coefficient (Wildman–Crippen LogP) is 2.72. The first-order valence-corrected chi connectivity index (χ1v) is 8.25. The third kappa shape index (κ3) is 3.54. The zero-order valence-electron chi connectivity index (χ0n) is 14.9. The lowest BCUT2D eigenvalue weighted by atomic mass is 9.90. The monoisotopic (exact) mass is 372 g/mol. The summed E-state index contributed by atoms with van der Waals surface area (Å²) in [5, 5.41) is 28.6. The zero-order chi connectivity index (χ0) is 19.6. The summed E-state index contributed by atoms with van der Waals surface area (Å²) in [5.74, 6) is -0.179. The molecule has 0 aliphatic carbocycles. The van der Waals surface area contributed by atoms with Crippen LogP contribution >= 0.6 is 0 Å². The highest BCUT2D eigenvalue weighted by Gasteiger charge is 2.37. The molecule has 1 heterocycles. The number of aliphatic hydroxyl groups excluding tert-OH is 1. The Morgan fingerprint density at radius 3 is 2.56 bits per heavy atom. The van der Waals surface area contributed by atoms with Gasteiger partial charge >= 0.3 is 5.97 Å². The zero-order valence-corrected chi connectivity index (χ0v) is 14.9. The Labute approximate surface area is 156 Å². The summed E-state index contributed by atoms with van der Waals surface area (Å²) < 4.78 is 16.6. The van der Waals surface area contributed by atoms with Crippen LogP contribution in [0.25, 0.3) is 6.08 Å². The molecular formula is C20H20O7. The fraction of sp³-hybridized carbons (Fsp3) is 0.250. The number of fused-ring (bicyclic) bond motifs is 1. The second-order valence-corrected chi connectivity index (χ2v) is 6.07. The van der Waals surface area contributed by atoms with Gasteiger partial charge in [0.1, 0.15) is 6.10 Å². The van der Waals surface area contributed by atoms with Crippen molar-refractivity contribution in [2.75, 3.05) is 20.8 Å². The van der Waals surface area contributed by atoms with E-state index in [0.29, 0.717) is 22.8 Å². The van der Waals surface area contributed by atoms with Crippen LogP contribution < -0.4 is 14.2 Å². The minimum absolute atomic E-state index is 0.0102. The topological polar surface area (TPSA) is 105 Å². The Morgan fingerprint density at radius 2 is 1.93 bits per heavy atom. The van der Waals surface area contributed by atoms with Gasteiger partial charge in [-0.3, -0.25) is 0 Å². The number of ether oxygens (including phenoxy) is 3. The molecule has 1 aliphatic heterocycles. The number of aliphatic hydroxyl groups is 1. The highest BCUT2D eigenvalue weighted by atomic mass is 16.5. The van der Waals surface area contributed by atoms with E-state index in [2.05, 4.69) is 0 Å². The largest absolute Gasteiger partial charge is 0.504 e. The van der Waals surface area contributed by atoms with E-state index in [4.69, 9.17) is 19.3 Å². The van der Waals surface area contributed by atoms with Crippen LogP contribution in [0.3, 0.4) is 0 Å². The maximum atomic E-state index is 10.8. The lowest BCUT2D eigenvalue weighted by Crippen LogP contribution is -2.13. The molecule has 0 bridgehead atoms. The summed E-state index contributed by atoms with van der Waals surface area (Å²) in [7, 11) is 2.95. The van der Waals surface area contributed by atoms with Crippen LogP contribution in [0.4, 0.5) is 0 Å². The molecule has 2 aromatic rings. The van der Waals surface area contributed by atoms with Gasteiger partial charge in [-0.1, -0.05) is 6.07 Å². The van der Waals surface area contributed by atoms with E-state index in [-0.39, 0.29) is 18.3 Å². The number of carboxylic acids is 1. The number of phenols is 1. The summed E-state index contributed by atoms with van der Waals surface area (Å²) in [4.78, 5) is 10.8. The van der Waals surface area contributed by atoms with Gasteiger partial charge in [0.15, 0.2) is 23.0 Å². The standard InChI is InChI=1S/C20H20O7/c1-25-16-9-12(4-5-15(16)22)19-14(10-21)13-7-11(3-6-18(23)24)8-17(26-2)20(13)27-19/h3-9,14,19,21-22H,10H2,1-2H3,(H,23,24)/t14-,19-/m0/s1. The highest BCUT2D eigenvalue weighted by molar-refractivity contribution is 5.85. The van der Waals surface area contributed by atoms with Crippen LogP contribution in [-0.4, -0.2) is 42.1 Å². The lowest BCUT2D eigenvalue weighted by molar-refractivity contribution is -0.131. The third-order valence-corrected chi connectivity index (χ3v) is 4.48. The average Bonchev–Trinajstić information content (AvgIpc) is 3.04. The summed E-state index contributed by atoms with van der Waals surface area (Å²) in [5.41, 5.74) is 2.07. The summed E-state index contributed by atoms with van der Waals surface area (Å²) >= 11 is 0. The second kappa shape index (κ2) is 7.59. The highest BCUT2D eigenvalue weighted by Crippen LogP contribution is 2.51. The molecular weight excluding hydrogens is 352 g/mol. The van der Waals surface area contributed by atoms with E-state index in [1.165, 1.54) is 26.4 Å². The first-order valence-electron chi connectivity index (χ1n) is 8.25. The van der Waals surface area contributed by atoms with Crippen molar-refractivity contribution >= 4 is 12.0 Å². The van der Waals surface area contributed by atoms with Crippen molar-refractivity contribution in [3.8, 4) is 23.0 Å². The Bertz CT molecular complexity index is 888. The Morgan fingerprint density at radius 1 is 1.19 bits per heavy atom. The maximum Gasteiger partial charge on any atom is 0.328 e. The molecule has 0 unspecified atom stereocenters. The smallest absolute Gasteiger partial charge is 0.328 e. The van der Waals surface area contributed by atoms with E-state index < -0.39 is 12.1 Å². The van der Waals surface area contributed by atoms with Crippen molar-refractivity contribution in [1.29, 1.82) is 0 Å². The molecule has 142 valence electrons. The van der Waals surface area contributed by atoms with Gasteiger partial charge in [0, 0.05) is 11.6 Å². The molecule has 27 heavy (non-hydrogen) atoms. The van der Waals surface area contributed by atoms with E-state index in [0.717, 1.165) is 17.2 Å². The van der Waals surface area contributed by atoms with Gasteiger partial charge in [-0.05, 0) is 41.5 Å². The van der Waals surface area contributed by atoms with Gasteiger partial charge in [-0.2, -0.15) is 0 Å². The van der Waals surface area contributed by atoms with Crippen LogP contribution in [-0.2, 0) is 4.79 Å². The third-order valence-electron chi connectivity index (χ3n) is 4.48. The fourth-order valence-corrected chi connectivity index (χ4v) is 3.20. The van der Waals surface area contributed by atoms with Crippen LogP contribution in [0.1, 0.15) is 28.7 Å². The number of benzene rings is 2. The molecule has 7 heteroatoms. The van der Waals surface area contributed by atoms with Crippen molar-refractivity contribution in [3.63, 3.8) is 0 Å². The van der Waals surface area contributed by atoms with Gasteiger partial charge in [-0.15, -0.1) is 0 Å². The van der Waals surface area contributed by atoms with Crippen LogP contribution in [0.2, 0.25) is 0 Å². The molecule has 0 amide bonds. The van der Waals surface area contributed by atoms with Gasteiger partial charge in [0.05, 0.1) is 26.7 Å². The summed E-state index contributed by atoms with van der Waals surface area (Å²) in [6.07, 6.45) is 1.98. The number of aromatic hydroxyl groups is 1. The van der Waals surface area contributed by atoms with Gasteiger partial charge in [-0.25, -0.2) is 4.79 Å². The average molecular weight is 372 g/mol. The molecule has 2 aromatic carbocycles. The maximum absolute atomic E-state index is 10.8. The molecule has 2 atom stereocenters. The van der Waals surface area contributed by atoms with E-state index in [9.17, 15) is 15.0 Å². The fourth-order valence-electron chi connectivity index (χ4n) is 3.20. The molecule has 3 N–H and O–H groups in total. The SMILES string of the molecule is COc1cc([C@@H]2Oc3c(OC)cc(C=CC(=O)O)cc3[C@@H]2CO)ccc1O. The number of carboxylic acid groups (broad SMARTS) is 1. The number of rotatable bonds is 6. The van der Waals surface area contributed by atoms with Crippen molar-refractivity contribution in [2.45, 2.75) is 12.0 Å². The van der Waals surface area contributed by atoms with E-state index in [1.807, 2.05) is 0 Å². The minimum atomic E-state index is -1.06. The number of hydrogen-bond acceptors (Lipinski definition) is 6. The van der Waals surface area contributed by atoms with Crippen molar-refractivity contribution < 1.29 is 34.3 Å². The van der Waals surface area contributed by atoms with Crippen molar-refractivity contribution in [1.82, 2.24) is 0 Å². The molecule has 0 aromatic heterocycles. The van der Waals surface area contributed by atoms with Crippen LogP contribution in [0, 0.1) is 0 Å². The van der Waals surface area contributed by atoms with Crippen LogP contribution in [0.5, 0.6) is 23.0 Å². The Hall–Kier alpha value is -3.19. The van der Waals surface area contributed by atoms with Gasteiger partial charge in [0.25, 0.3) is 0 Å².